The topological polar surface area (TPSA) is 26.3 Å². The number of rotatable bonds is 4. The molecule has 5 rings (SSSR count). The van der Waals surface area contributed by atoms with Gasteiger partial charge in [-0.15, -0.1) is 0 Å². The van der Waals surface area contributed by atoms with Crippen LogP contribution in [0.2, 0.25) is 0 Å². The molecular weight excluding hydrogens is 387 g/mol. The van der Waals surface area contributed by atoms with Gasteiger partial charge in [0.05, 0.1) is 12.2 Å². The lowest BCUT2D eigenvalue weighted by Gasteiger charge is -2.61. The molecule has 0 aromatic heterocycles. The molecule has 2 nitrogen and oxygen atoms in total. The van der Waals surface area contributed by atoms with Crippen molar-refractivity contribution < 1.29 is 13.9 Å². The molecule has 4 aliphatic carbocycles. The zero-order valence-corrected chi connectivity index (χ0v) is 19.5. The Labute approximate surface area is 187 Å². The lowest BCUT2D eigenvalue weighted by atomic mass is 9.43. The third-order valence-electron chi connectivity index (χ3n) is 10.5. The Morgan fingerprint density at radius 1 is 1.06 bits per heavy atom. The number of ether oxygens (including phenoxy) is 1. The summed E-state index contributed by atoms with van der Waals surface area (Å²) in [6.07, 6.45) is 11.0. The Kier molecular flexibility index (Phi) is 5.56. The molecule has 0 spiro atoms. The largest absolute Gasteiger partial charge is 0.384 e. The third-order valence-corrected chi connectivity index (χ3v) is 10.5. The summed E-state index contributed by atoms with van der Waals surface area (Å²) < 4.78 is 20.3. The number of hydrogen-bond donors (Lipinski definition) is 0. The highest BCUT2D eigenvalue weighted by molar-refractivity contribution is 5.98. The second-order valence-electron chi connectivity index (χ2n) is 11.7. The first-order chi connectivity index (χ1) is 14.9. The fourth-order valence-electron chi connectivity index (χ4n) is 9.09. The summed E-state index contributed by atoms with van der Waals surface area (Å²) in [6, 6.07) is 6.58. The van der Waals surface area contributed by atoms with Gasteiger partial charge in [0, 0.05) is 13.0 Å². The molecule has 4 saturated carbocycles. The van der Waals surface area contributed by atoms with E-state index in [4.69, 9.17) is 4.74 Å². The van der Waals surface area contributed by atoms with E-state index in [9.17, 15) is 9.18 Å². The van der Waals surface area contributed by atoms with Gasteiger partial charge in [0.15, 0.2) is 5.78 Å². The van der Waals surface area contributed by atoms with Crippen molar-refractivity contribution in [2.45, 2.75) is 71.6 Å². The number of benzene rings is 1. The quantitative estimate of drug-likeness (QED) is 0.488. The van der Waals surface area contributed by atoms with Gasteiger partial charge in [0.2, 0.25) is 0 Å². The van der Waals surface area contributed by atoms with Crippen molar-refractivity contribution in [2.24, 2.45) is 46.3 Å². The van der Waals surface area contributed by atoms with Gasteiger partial charge in [-0.2, -0.15) is 0 Å². The van der Waals surface area contributed by atoms with Crippen LogP contribution in [0.4, 0.5) is 4.39 Å². The molecule has 3 heteroatoms. The summed E-state index contributed by atoms with van der Waals surface area (Å²) in [4.78, 5) is 13.5. The molecule has 0 bridgehead atoms. The summed E-state index contributed by atoms with van der Waals surface area (Å²) in [5.41, 5.74) is 0.667. The van der Waals surface area contributed by atoms with E-state index in [2.05, 4.69) is 13.8 Å². The van der Waals surface area contributed by atoms with Crippen LogP contribution in [-0.2, 0) is 4.74 Å². The van der Waals surface area contributed by atoms with Crippen LogP contribution in [0, 0.1) is 52.2 Å². The van der Waals surface area contributed by atoms with Gasteiger partial charge in [0.1, 0.15) is 5.82 Å². The number of Topliss-reactive ketones (excluding diaryl/α,β-unsaturated/α-hetero) is 1. The minimum Gasteiger partial charge on any atom is -0.384 e. The van der Waals surface area contributed by atoms with Gasteiger partial charge in [-0.3, -0.25) is 4.79 Å². The Hall–Kier alpha value is -1.22. The lowest BCUT2D eigenvalue weighted by molar-refractivity contribution is -0.149. The van der Waals surface area contributed by atoms with Gasteiger partial charge < -0.3 is 4.74 Å². The van der Waals surface area contributed by atoms with Crippen LogP contribution in [0.5, 0.6) is 0 Å². The minimum absolute atomic E-state index is 0.0174. The maximum Gasteiger partial charge on any atom is 0.169 e. The Morgan fingerprint density at radius 3 is 2.65 bits per heavy atom. The van der Waals surface area contributed by atoms with Gasteiger partial charge in [-0.25, -0.2) is 4.39 Å². The number of hydrogen-bond acceptors (Lipinski definition) is 2. The van der Waals surface area contributed by atoms with E-state index in [0.29, 0.717) is 22.8 Å². The van der Waals surface area contributed by atoms with Crippen LogP contribution >= 0.6 is 0 Å². The van der Waals surface area contributed by atoms with Crippen LogP contribution in [0.1, 0.15) is 82.0 Å². The molecule has 0 saturated heterocycles. The summed E-state index contributed by atoms with van der Waals surface area (Å²) in [6.45, 7) is 5.70. The lowest BCUT2D eigenvalue weighted by Crippen LogP contribution is -2.56. The van der Waals surface area contributed by atoms with Gasteiger partial charge >= 0.3 is 0 Å². The molecule has 170 valence electrons. The van der Waals surface area contributed by atoms with Crippen LogP contribution in [0.3, 0.4) is 0 Å². The number of methoxy groups -OCH3 is 1. The fraction of sp³-hybridized carbons (Fsp3) is 0.750. The summed E-state index contributed by atoms with van der Waals surface area (Å²) in [5.74, 6) is 3.35. The molecule has 1 aromatic rings. The van der Waals surface area contributed by atoms with Crippen molar-refractivity contribution in [1.29, 1.82) is 0 Å². The Bertz CT molecular complexity index is 836. The highest BCUT2D eigenvalue weighted by atomic mass is 19.1. The predicted molar refractivity (Wildman–Crippen MR) is 121 cm³/mol. The summed E-state index contributed by atoms with van der Waals surface area (Å²) >= 11 is 0. The molecule has 0 aliphatic heterocycles. The smallest absolute Gasteiger partial charge is 0.169 e. The third kappa shape index (κ3) is 3.24. The number of carbonyl (C=O) groups is 1. The van der Waals surface area contributed by atoms with Crippen LogP contribution in [0.25, 0.3) is 0 Å². The van der Waals surface area contributed by atoms with E-state index in [1.165, 1.54) is 44.6 Å². The highest BCUT2D eigenvalue weighted by Crippen LogP contribution is 2.68. The van der Waals surface area contributed by atoms with Crippen molar-refractivity contribution in [3.63, 3.8) is 0 Å². The van der Waals surface area contributed by atoms with Crippen molar-refractivity contribution >= 4 is 5.78 Å². The zero-order valence-electron chi connectivity index (χ0n) is 19.5. The summed E-state index contributed by atoms with van der Waals surface area (Å²) in [7, 11) is 1.89. The van der Waals surface area contributed by atoms with Crippen LogP contribution < -0.4 is 0 Å². The Balaban J connectivity index is 1.43. The molecular formula is C28H39FO2. The van der Waals surface area contributed by atoms with Gasteiger partial charge in [-0.1, -0.05) is 32.4 Å². The number of fused-ring (bicyclic) bond motifs is 5. The van der Waals surface area contributed by atoms with Crippen molar-refractivity contribution in [2.75, 3.05) is 13.7 Å². The number of ketones is 1. The minimum atomic E-state index is -0.357. The normalized spacial score (nSPS) is 44.3. The predicted octanol–water partition coefficient (Wildman–Crippen LogP) is 6.93. The first-order valence-corrected chi connectivity index (χ1v) is 12.7. The van der Waals surface area contributed by atoms with Gasteiger partial charge in [-0.05, 0) is 104 Å². The first kappa shape index (κ1) is 21.6. The fourth-order valence-corrected chi connectivity index (χ4v) is 9.09. The highest BCUT2D eigenvalue weighted by Gasteiger charge is 2.62. The summed E-state index contributed by atoms with van der Waals surface area (Å²) in [5, 5.41) is 0. The van der Waals surface area contributed by atoms with Crippen LogP contribution in [-0.4, -0.2) is 19.5 Å². The standard InChI is InChI=1S/C28H39FO2/c1-18-12-15-28(17-31-3)19(16-18)8-9-20-22-10-11-24(27(22,2)14-13-23(20)28)26(30)21-6-4-5-7-25(21)29/h4-7,18-20,22-24H,8-17H2,1-3H3/t18-,19?,20-,22?,23?,24+,27-,28+/m0/s1. The van der Waals surface area contributed by atoms with E-state index >= 15 is 0 Å². The van der Waals surface area contributed by atoms with E-state index in [1.54, 1.807) is 18.2 Å². The SMILES string of the molecule is COC[C@]12CC[C@H](C)CC1CC[C@@H]1C2CC[C@@]2(C)C1CC[C@@H]2C(=O)c1ccccc1F. The molecule has 0 heterocycles. The molecule has 8 atom stereocenters. The monoisotopic (exact) mass is 426 g/mol. The molecule has 1 aromatic carbocycles. The number of carbonyl (C=O) groups excluding carboxylic acids is 1. The number of halogens is 1. The first-order valence-electron chi connectivity index (χ1n) is 12.7. The maximum atomic E-state index is 14.4. The zero-order chi connectivity index (χ0) is 21.8. The molecule has 31 heavy (non-hydrogen) atoms. The maximum absolute atomic E-state index is 14.4. The molecule has 4 fully saturated rings. The van der Waals surface area contributed by atoms with Gasteiger partial charge in [0.25, 0.3) is 0 Å². The van der Waals surface area contributed by atoms with E-state index < -0.39 is 0 Å². The second kappa shape index (κ2) is 7.97. The van der Waals surface area contributed by atoms with E-state index in [0.717, 1.165) is 43.6 Å². The molecule has 4 aliphatic rings. The average Bonchev–Trinajstić information content (AvgIpc) is 3.11. The van der Waals surface area contributed by atoms with Crippen molar-refractivity contribution in [3.8, 4) is 0 Å². The van der Waals surface area contributed by atoms with E-state index in [1.807, 2.05) is 7.11 Å². The Morgan fingerprint density at radius 2 is 1.87 bits per heavy atom. The molecule has 0 radical (unpaired) electrons. The molecule has 0 amide bonds. The van der Waals surface area contributed by atoms with E-state index in [-0.39, 0.29) is 22.9 Å². The van der Waals surface area contributed by atoms with Crippen molar-refractivity contribution in [3.05, 3.63) is 35.6 Å². The second-order valence-corrected chi connectivity index (χ2v) is 11.7. The van der Waals surface area contributed by atoms with Crippen LogP contribution in [0.15, 0.2) is 24.3 Å². The average molecular weight is 427 g/mol. The molecule has 0 N–H and O–H groups in total. The molecule has 3 unspecified atom stereocenters. The van der Waals surface area contributed by atoms with Crippen molar-refractivity contribution in [1.82, 2.24) is 0 Å².